The fraction of sp³-hybridized carbons (Fsp3) is 0.375. The number of ether oxygens (including phenoxy) is 2. The van der Waals surface area contributed by atoms with Gasteiger partial charge in [0.25, 0.3) is 0 Å². The molecule has 0 bridgehead atoms. The summed E-state index contributed by atoms with van der Waals surface area (Å²) < 4.78 is 50.8. The molecule has 6 nitrogen and oxygen atoms in total. The molecule has 0 spiro atoms. The normalized spacial score (nSPS) is 11.9. The second-order valence-corrected chi connectivity index (χ2v) is 6.11. The predicted octanol–water partition coefficient (Wildman–Crippen LogP) is 4.26. The van der Waals surface area contributed by atoms with Crippen LogP contribution in [0.3, 0.4) is 0 Å². The molecule has 2 aromatic rings. The highest BCUT2D eigenvalue weighted by molar-refractivity contribution is 5.67. The molecule has 1 amide bonds. The molecule has 1 heterocycles. The zero-order valence-electron chi connectivity index (χ0n) is 13.8. The Labute approximate surface area is 141 Å². The number of alkyl carbamates (subject to hydrolysis) is 1. The van der Waals surface area contributed by atoms with Gasteiger partial charge in [0.2, 0.25) is 0 Å². The van der Waals surface area contributed by atoms with Gasteiger partial charge in [-0.2, -0.15) is 0 Å². The van der Waals surface area contributed by atoms with E-state index in [4.69, 9.17) is 9.26 Å². The molecule has 0 saturated heterocycles. The van der Waals surface area contributed by atoms with E-state index in [9.17, 15) is 18.0 Å². The van der Waals surface area contributed by atoms with E-state index in [1.165, 1.54) is 24.3 Å². The molecule has 0 saturated carbocycles. The van der Waals surface area contributed by atoms with Crippen LogP contribution in [-0.4, -0.2) is 23.2 Å². The molecule has 0 fully saturated rings. The van der Waals surface area contributed by atoms with Gasteiger partial charge in [-0.15, -0.1) is 13.2 Å². The fourth-order valence-corrected chi connectivity index (χ4v) is 1.86. The Morgan fingerprint density at radius 1 is 1.24 bits per heavy atom. The Morgan fingerprint density at radius 3 is 2.60 bits per heavy atom. The van der Waals surface area contributed by atoms with Gasteiger partial charge in [0, 0.05) is 11.6 Å². The average molecular weight is 358 g/mol. The van der Waals surface area contributed by atoms with E-state index in [0.717, 1.165) is 0 Å². The van der Waals surface area contributed by atoms with Crippen molar-refractivity contribution < 1.29 is 32.0 Å². The third kappa shape index (κ3) is 6.36. The lowest BCUT2D eigenvalue weighted by Gasteiger charge is -2.19. The average Bonchev–Trinajstić information content (AvgIpc) is 2.90. The van der Waals surface area contributed by atoms with Gasteiger partial charge >= 0.3 is 12.5 Å². The molecule has 0 atom stereocenters. The lowest BCUT2D eigenvalue weighted by atomic mass is 10.1. The molecule has 25 heavy (non-hydrogen) atoms. The first kappa shape index (κ1) is 18.6. The minimum atomic E-state index is -4.77. The summed E-state index contributed by atoms with van der Waals surface area (Å²) in [5.41, 5.74) is 0.0675. The number of hydrogen-bond donors (Lipinski definition) is 1. The van der Waals surface area contributed by atoms with E-state index >= 15 is 0 Å². The first-order chi connectivity index (χ1) is 11.5. The smallest absolute Gasteiger partial charge is 0.444 e. The van der Waals surface area contributed by atoms with Crippen LogP contribution in [0.5, 0.6) is 5.75 Å². The standard InChI is InChI=1S/C16H17F3N2O4/c1-15(2,3)24-14(22)20-9-12-8-13(21-25-12)10-5-4-6-11(7-10)23-16(17,18)19/h4-8H,9H2,1-3H3,(H,20,22). The molecule has 0 aliphatic rings. The molecule has 9 heteroatoms. The van der Waals surface area contributed by atoms with Crippen molar-refractivity contribution in [2.45, 2.75) is 39.3 Å². The number of amides is 1. The summed E-state index contributed by atoms with van der Waals surface area (Å²) in [5.74, 6) is -0.0376. The van der Waals surface area contributed by atoms with Gasteiger partial charge in [-0.1, -0.05) is 17.3 Å². The van der Waals surface area contributed by atoms with Gasteiger partial charge in [0.15, 0.2) is 5.76 Å². The Morgan fingerprint density at radius 2 is 1.96 bits per heavy atom. The molecule has 0 aliphatic carbocycles. The van der Waals surface area contributed by atoms with E-state index in [1.54, 1.807) is 26.8 Å². The van der Waals surface area contributed by atoms with Crippen LogP contribution in [0.25, 0.3) is 11.3 Å². The molecule has 0 aliphatic heterocycles. The van der Waals surface area contributed by atoms with E-state index in [-0.39, 0.29) is 12.3 Å². The zero-order chi connectivity index (χ0) is 18.7. The highest BCUT2D eigenvalue weighted by Crippen LogP contribution is 2.27. The Bertz CT molecular complexity index is 735. The van der Waals surface area contributed by atoms with Crippen LogP contribution in [0.1, 0.15) is 26.5 Å². The minimum Gasteiger partial charge on any atom is -0.444 e. The summed E-state index contributed by atoms with van der Waals surface area (Å²) in [4.78, 5) is 11.6. The molecule has 136 valence electrons. The molecular formula is C16H17F3N2O4. The van der Waals surface area contributed by atoms with E-state index in [1.807, 2.05) is 0 Å². The molecule has 2 rings (SSSR count). The number of nitrogens with zero attached hydrogens (tertiary/aromatic N) is 1. The van der Waals surface area contributed by atoms with Crippen molar-refractivity contribution in [1.29, 1.82) is 0 Å². The van der Waals surface area contributed by atoms with E-state index in [2.05, 4.69) is 15.2 Å². The van der Waals surface area contributed by atoms with Gasteiger partial charge in [-0.05, 0) is 32.9 Å². The SMILES string of the molecule is CC(C)(C)OC(=O)NCc1cc(-c2cccc(OC(F)(F)F)c2)no1. The molecular weight excluding hydrogens is 341 g/mol. The van der Waals surface area contributed by atoms with Crippen molar-refractivity contribution in [3.63, 3.8) is 0 Å². The zero-order valence-corrected chi connectivity index (χ0v) is 13.8. The molecule has 1 N–H and O–H groups in total. The summed E-state index contributed by atoms with van der Waals surface area (Å²) in [6, 6.07) is 6.85. The molecule has 1 aromatic carbocycles. The molecule has 0 radical (unpaired) electrons. The van der Waals surface area contributed by atoms with Crippen molar-refractivity contribution >= 4 is 6.09 Å². The van der Waals surface area contributed by atoms with Gasteiger partial charge in [0.05, 0.1) is 6.54 Å². The highest BCUT2D eigenvalue weighted by atomic mass is 19.4. The van der Waals surface area contributed by atoms with E-state index in [0.29, 0.717) is 17.0 Å². The second kappa shape index (κ2) is 7.04. The summed E-state index contributed by atoms with van der Waals surface area (Å²) >= 11 is 0. The van der Waals surface area contributed by atoms with Gasteiger partial charge in [-0.3, -0.25) is 0 Å². The first-order valence-corrected chi connectivity index (χ1v) is 7.30. The predicted molar refractivity (Wildman–Crippen MR) is 81.7 cm³/mol. The number of rotatable bonds is 4. The topological polar surface area (TPSA) is 73.6 Å². The van der Waals surface area contributed by atoms with Crippen molar-refractivity contribution in [3.8, 4) is 17.0 Å². The number of benzene rings is 1. The Balaban J connectivity index is 2.01. The molecule has 1 aromatic heterocycles. The third-order valence-corrected chi connectivity index (χ3v) is 2.73. The van der Waals surface area contributed by atoms with Crippen molar-refractivity contribution in [3.05, 3.63) is 36.1 Å². The van der Waals surface area contributed by atoms with Crippen molar-refractivity contribution in [2.24, 2.45) is 0 Å². The Kier molecular flexibility index (Phi) is 5.24. The Hall–Kier alpha value is -2.71. The van der Waals surface area contributed by atoms with Crippen LogP contribution < -0.4 is 10.1 Å². The number of hydrogen-bond acceptors (Lipinski definition) is 5. The summed E-state index contributed by atoms with van der Waals surface area (Å²) in [6.45, 7) is 5.22. The summed E-state index contributed by atoms with van der Waals surface area (Å²) in [5, 5.41) is 6.27. The largest absolute Gasteiger partial charge is 0.573 e. The highest BCUT2D eigenvalue weighted by Gasteiger charge is 2.31. The van der Waals surface area contributed by atoms with Crippen LogP contribution >= 0.6 is 0 Å². The lowest BCUT2D eigenvalue weighted by Crippen LogP contribution is -2.32. The van der Waals surface area contributed by atoms with Crippen LogP contribution in [-0.2, 0) is 11.3 Å². The van der Waals surface area contributed by atoms with Crippen molar-refractivity contribution in [1.82, 2.24) is 10.5 Å². The van der Waals surface area contributed by atoms with Gasteiger partial charge < -0.3 is 19.3 Å². The second-order valence-electron chi connectivity index (χ2n) is 6.11. The summed E-state index contributed by atoms with van der Waals surface area (Å²) in [6.07, 6.45) is -5.39. The number of halogens is 3. The van der Waals surface area contributed by atoms with E-state index < -0.39 is 18.1 Å². The lowest BCUT2D eigenvalue weighted by molar-refractivity contribution is -0.274. The van der Waals surface area contributed by atoms with Gasteiger partial charge in [-0.25, -0.2) is 4.79 Å². The minimum absolute atomic E-state index is 0.0284. The first-order valence-electron chi connectivity index (χ1n) is 7.30. The van der Waals surface area contributed by atoms with Crippen LogP contribution in [0.4, 0.5) is 18.0 Å². The maximum absolute atomic E-state index is 12.3. The summed E-state index contributed by atoms with van der Waals surface area (Å²) in [7, 11) is 0. The third-order valence-electron chi connectivity index (χ3n) is 2.73. The fourth-order valence-electron chi connectivity index (χ4n) is 1.86. The van der Waals surface area contributed by atoms with Crippen LogP contribution in [0.2, 0.25) is 0 Å². The number of alkyl halides is 3. The maximum atomic E-state index is 12.3. The number of aromatic nitrogens is 1. The maximum Gasteiger partial charge on any atom is 0.573 e. The quantitative estimate of drug-likeness (QED) is 0.884. The number of carbonyl (C=O) groups excluding carboxylic acids is 1. The monoisotopic (exact) mass is 358 g/mol. The van der Waals surface area contributed by atoms with Crippen LogP contribution in [0.15, 0.2) is 34.9 Å². The van der Waals surface area contributed by atoms with Gasteiger partial charge in [0.1, 0.15) is 17.0 Å². The number of carbonyl (C=O) groups is 1. The molecule has 0 unspecified atom stereocenters. The van der Waals surface area contributed by atoms with Crippen molar-refractivity contribution in [2.75, 3.05) is 0 Å². The number of nitrogens with one attached hydrogen (secondary N) is 1. The van der Waals surface area contributed by atoms with Crippen LogP contribution in [0, 0.1) is 0 Å².